The number of esters is 1. The summed E-state index contributed by atoms with van der Waals surface area (Å²) in [5.74, 6) is -0.710. The lowest BCUT2D eigenvalue weighted by atomic mass is 10.1. The normalized spacial score (nSPS) is 13.5. The summed E-state index contributed by atoms with van der Waals surface area (Å²) in [6.07, 6.45) is 5.16. The molecule has 0 spiro atoms. The summed E-state index contributed by atoms with van der Waals surface area (Å²) in [7, 11) is 1.51. The maximum Gasteiger partial charge on any atom is 0.349 e. The fourth-order valence-corrected chi connectivity index (χ4v) is 5.29. The number of carbonyl (C=O) groups excluding carboxylic acids is 2. The van der Waals surface area contributed by atoms with E-state index < -0.39 is 17.5 Å². The summed E-state index contributed by atoms with van der Waals surface area (Å²) in [6.45, 7) is 3.10. The van der Waals surface area contributed by atoms with E-state index in [1.807, 2.05) is 18.2 Å². The number of piperidine rings is 1. The molecule has 42 heavy (non-hydrogen) atoms. The minimum Gasteiger partial charge on any atom is -0.497 e. The van der Waals surface area contributed by atoms with Crippen molar-refractivity contribution in [1.82, 2.24) is 5.32 Å². The van der Waals surface area contributed by atoms with E-state index in [0.29, 0.717) is 16.7 Å². The Kier molecular flexibility index (Phi) is 11.5. The van der Waals surface area contributed by atoms with Gasteiger partial charge < -0.3 is 33.6 Å². The van der Waals surface area contributed by atoms with Gasteiger partial charge in [0.2, 0.25) is 0 Å². The maximum absolute atomic E-state index is 12.4. The Bertz CT molecular complexity index is 1500. The first-order valence-corrected chi connectivity index (χ1v) is 14.5. The lowest BCUT2D eigenvalue weighted by molar-refractivity contribution is -0.140. The summed E-state index contributed by atoms with van der Waals surface area (Å²) in [4.78, 5) is 40.1. The Balaban J connectivity index is 1.08. The average molecular weight is 596 g/mol. The molecule has 0 aliphatic carbocycles. The largest absolute Gasteiger partial charge is 0.497 e. The molecule has 1 aliphatic heterocycles. The fourth-order valence-electron chi connectivity index (χ4n) is 4.28. The number of thiophene rings is 1. The van der Waals surface area contributed by atoms with Crippen molar-refractivity contribution in [2.75, 3.05) is 64.7 Å². The van der Waals surface area contributed by atoms with Gasteiger partial charge in [-0.05, 0) is 55.7 Å². The quantitative estimate of drug-likeness (QED) is 0.0963. The highest BCUT2D eigenvalue weighted by Crippen LogP contribution is 2.30. The highest BCUT2D eigenvalue weighted by atomic mass is 32.1. The molecule has 0 radical (unpaired) electrons. The van der Waals surface area contributed by atoms with Gasteiger partial charge in [0.1, 0.15) is 35.1 Å². The molecule has 2 aromatic heterocycles. The van der Waals surface area contributed by atoms with Crippen molar-refractivity contribution in [1.29, 1.82) is 5.26 Å². The van der Waals surface area contributed by atoms with Crippen LogP contribution < -0.4 is 20.6 Å². The molecule has 1 saturated heterocycles. The van der Waals surface area contributed by atoms with Gasteiger partial charge in [-0.3, -0.25) is 4.79 Å². The minimum atomic E-state index is -0.742. The molecule has 3 aromatic rings. The molecule has 0 atom stereocenters. The molecule has 0 saturated carbocycles. The van der Waals surface area contributed by atoms with Crippen LogP contribution in [0.1, 0.15) is 34.5 Å². The Morgan fingerprint density at radius 2 is 1.81 bits per heavy atom. The van der Waals surface area contributed by atoms with Crippen LogP contribution >= 0.6 is 11.3 Å². The van der Waals surface area contributed by atoms with Crippen LogP contribution in [0.15, 0.2) is 51.2 Å². The summed E-state index contributed by atoms with van der Waals surface area (Å²) >= 11 is 1.55. The first-order valence-electron chi connectivity index (χ1n) is 13.7. The minimum absolute atomic E-state index is 0.00149. The Morgan fingerprint density at radius 1 is 1.05 bits per heavy atom. The van der Waals surface area contributed by atoms with E-state index >= 15 is 0 Å². The molecule has 11 nitrogen and oxygen atoms in total. The number of nitrogens with one attached hydrogen (secondary N) is 1. The highest BCUT2D eigenvalue weighted by Gasteiger charge is 2.16. The number of amides is 1. The summed E-state index contributed by atoms with van der Waals surface area (Å²) in [5, 5.41) is 13.8. The van der Waals surface area contributed by atoms with Crippen LogP contribution in [0.3, 0.4) is 0 Å². The van der Waals surface area contributed by atoms with E-state index in [9.17, 15) is 19.6 Å². The standard InChI is InChI=1S/C30H33N3O8S/c1-37-23-6-5-21-18-25(30(36)41-26(21)19-23)28(34)32-9-12-38-13-14-39-15-16-40-29(35)22(20-31)17-24-7-8-27(42-24)33-10-3-2-4-11-33/h5-8,17-19H,2-4,9-16H2,1H3,(H,32,34)/b22-17+. The molecule has 1 aromatic carbocycles. The molecule has 0 bridgehead atoms. The number of nitriles is 1. The zero-order valence-corrected chi connectivity index (χ0v) is 24.2. The van der Waals surface area contributed by atoms with Crippen molar-refractivity contribution in [3.63, 3.8) is 0 Å². The molecule has 1 N–H and O–H groups in total. The number of carbonyl (C=O) groups is 2. The van der Waals surface area contributed by atoms with Crippen molar-refractivity contribution < 1.29 is 33.0 Å². The van der Waals surface area contributed by atoms with Crippen LogP contribution in [-0.4, -0.2) is 71.7 Å². The molecule has 1 amide bonds. The van der Waals surface area contributed by atoms with Gasteiger partial charge >= 0.3 is 11.6 Å². The van der Waals surface area contributed by atoms with Crippen molar-refractivity contribution in [2.24, 2.45) is 0 Å². The van der Waals surface area contributed by atoms with Crippen molar-refractivity contribution >= 4 is 45.3 Å². The van der Waals surface area contributed by atoms with Crippen molar-refractivity contribution in [3.05, 3.63) is 62.8 Å². The van der Waals surface area contributed by atoms with Gasteiger partial charge in [-0.1, -0.05) is 0 Å². The summed E-state index contributed by atoms with van der Waals surface area (Å²) in [6, 6.07) is 12.3. The van der Waals surface area contributed by atoms with Crippen LogP contribution in [-0.2, 0) is 19.0 Å². The second-order valence-electron chi connectivity index (χ2n) is 9.36. The number of ether oxygens (including phenoxy) is 4. The van der Waals surface area contributed by atoms with Crippen molar-refractivity contribution in [3.8, 4) is 11.8 Å². The molecule has 3 heterocycles. The van der Waals surface area contributed by atoms with E-state index in [2.05, 4.69) is 10.2 Å². The number of methoxy groups -OCH3 is 1. The second-order valence-corrected chi connectivity index (χ2v) is 10.5. The highest BCUT2D eigenvalue weighted by molar-refractivity contribution is 7.17. The van der Waals surface area contributed by atoms with E-state index in [1.54, 1.807) is 35.6 Å². The van der Waals surface area contributed by atoms with Crippen LogP contribution in [0.5, 0.6) is 5.75 Å². The topological polar surface area (TPSA) is 140 Å². The SMILES string of the molecule is COc1ccc2cc(C(=O)NCCOCCOCCOC(=O)/C(C#N)=C/c3ccc(N4CCCCC4)s3)c(=O)oc2c1. The third-order valence-corrected chi connectivity index (χ3v) is 7.55. The Morgan fingerprint density at radius 3 is 2.57 bits per heavy atom. The third kappa shape index (κ3) is 8.66. The maximum atomic E-state index is 12.4. The smallest absolute Gasteiger partial charge is 0.349 e. The van der Waals surface area contributed by atoms with Crippen LogP contribution in [0.2, 0.25) is 0 Å². The lowest BCUT2D eigenvalue weighted by Gasteiger charge is -2.27. The van der Waals surface area contributed by atoms with Gasteiger partial charge in [0.25, 0.3) is 5.91 Å². The van der Waals surface area contributed by atoms with Gasteiger partial charge in [0.05, 0.1) is 38.5 Å². The molecule has 4 rings (SSSR count). The number of fused-ring (bicyclic) bond motifs is 1. The zero-order valence-electron chi connectivity index (χ0n) is 23.4. The molecule has 0 unspecified atom stereocenters. The van der Waals surface area contributed by atoms with Gasteiger partial charge in [-0.15, -0.1) is 11.3 Å². The first-order chi connectivity index (χ1) is 20.5. The third-order valence-electron chi connectivity index (χ3n) is 6.46. The first kappa shape index (κ1) is 30.8. The fraction of sp³-hybridized carbons (Fsp3) is 0.400. The van der Waals surface area contributed by atoms with Gasteiger partial charge in [0, 0.05) is 36.0 Å². The molecule has 1 fully saturated rings. The average Bonchev–Trinajstić information content (AvgIpc) is 3.49. The van der Waals surface area contributed by atoms with Gasteiger partial charge in [0.15, 0.2) is 0 Å². The van der Waals surface area contributed by atoms with Crippen LogP contribution in [0, 0.1) is 11.3 Å². The van der Waals surface area contributed by atoms with E-state index in [1.165, 1.54) is 32.4 Å². The number of anilines is 1. The molecular weight excluding hydrogens is 562 g/mol. The molecule has 222 valence electrons. The number of benzene rings is 1. The predicted molar refractivity (Wildman–Crippen MR) is 158 cm³/mol. The van der Waals surface area contributed by atoms with Crippen LogP contribution in [0.4, 0.5) is 5.00 Å². The number of rotatable bonds is 14. The van der Waals surface area contributed by atoms with E-state index in [0.717, 1.165) is 23.0 Å². The zero-order chi connectivity index (χ0) is 29.7. The summed E-state index contributed by atoms with van der Waals surface area (Å²) in [5.41, 5.74) is -0.572. The van der Waals surface area contributed by atoms with E-state index in [-0.39, 0.29) is 50.7 Å². The predicted octanol–water partition coefficient (Wildman–Crippen LogP) is 3.77. The Hall–Kier alpha value is -4.18. The van der Waals surface area contributed by atoms with E-state index in [4.69, 9.17) is 23.4 Å². The van der Waals surface area contributed by atoms with Gasteiger partial charge in [-0.25, -0.2) is 9.59 Å². The number of hydrogen-bond acceptors (Lipinski definition) is 11. The molecule has 1 aliphatic rings. The number of nitrogens with zero attached hydrogens (tertiary/aromatic N) is 2. The van der Waals surface area contributed by atoms with Gasteiger partial charge in [-0.2, -0.15) is 5.26 Å². The van der Waals surface area contributed by atoms with Crippen molar-refractivity contribution in [2.45, 2.75) is 19.3 Å². The van der Waals surface area contributed by atoms with Crippen LogP contribution in [0.25, 0.3) is 17.0 Å². The molecule has 12 heteroatoms. The molecular formula is C30H33N3O8S. The second kappa shape index (κ2) is 15.7. The summed E-state index contributed by atoms with van der Waals surface area (Å²) < 4.78 is 26.3. The number of hydrogen-bond donors (Lipinski definition) is 1. The lowest BCUT2D eigenvalue weighted by Crippen LogP contribution is -2.31. The monoisotopic (exact) mass is 595 g/mol. The Labute approximate surface area is 247 Å².